The number of nitrogens with zero attached hydrogens (tertiary/aromatic N) is 1. The average molecular weight is 532 g/mol. The number of rotatable bonds is 12. The van der Waals surface area contributed by atoms with Gasteiger partial charge in [-0.25, -0.2) is 4.79 Å². The number of ether oxygens (including phenoxy) is 1. The average Bonchev–Trinajstić information content (AvgIpc) is 3.22. The number of aromatic amines is 1. The standard InChI is InChI=1S/C18H22N3O4.C6H13N.Y/c1-3-6-15(18(24)25-2)21-17(23)16(20-11-22)9-12-10-19-14-8-5-4-7-13(12)14;1-4-7(5-2)6-3;/h4-5,7-8,10,15-16,19H,3,6,9H2,1-2H3,(H,20,22)(H,21,23);1-2,4-6H2,3H3;/q-1;-2;+3/t15-,16?;;/m0../s1. The van der Waals surface area contributed by atoms with Gasteiger partial charge in [0.2, 0.25) is 5.91 Å². The number of hydrogen-bond acceptors (Lipinski definition) is 5. The first-order chi connectivity index (χ1) is 15.4. The van der Waals surface area contributed by atoms with Crippen LogP contribution >= 0.6 is 0 Å². The predicted molar refractivity (Wildman–Crippen MR) is 126 cm³/mol. The van der Waals surface area contributed by atoms with E-state index < -0.39 is 24.0 Å². The van der Waals surface area contributed by atoms with Gasteiger partial charge < -0.3 is 43.9 Å². The molecule has 0 saturated carbocycles. The molecule has 0 radical (unpaired) electrons. The second kappa shape index (κ2) is 17.7. The summed E-state index contributed by atoms with van der Waals surface area (Å²) >= 11 is 0. The summed E-state index contributed by atoms with van der Waals surface area (Å²) in [7, 11) is 1.28. The van der Waals surface area contributed by atoms with Crippen LogP contribution in [-0.4, -0.2) is 67.0 Å². The predicted octanol–water partition coefficient (Wildman–Crippen LogP) is 2.17. The molecule has 33 heavy (non-hydrogen) atoms. The first kappa shape index (κ1) is 31.2. The zero-order valence-corrected chi connectivity index (χ0v) is 22.7. The number of nitrogens with one attached hydrogen (secondary N) is 3. The van der Waals surface area contributed by atoms with Gasteiger partial charge in [-0.3, -0.25) is 4.79 Å². The second-order valence-corrected chi connectivity index (χ2v) is 7.17. The number of para-hydroxylation sites is 1. The van der Waals surface area contributed by atoms with Crippen LogP contribution in [0.3, 0.4) is 0 Å². The van der Waals surface area contributed by atoms with Crippen molar-refractivity contribution in [2.45, 2.75) is 45.2 Å². The summed E-state index contributed by atoms with van der Waals surface area (Å²) in [4.78, 5) is 40.4. The molecule has 0 fully saturated rings. The Morgan fingerprint density at radius 1 is 1.18 bits per heavy atom. The van der Waals surface area contributed by atoms with Crippen LogP contribution in [0.5, 0.6) is 0 Å². The van der Waals surface area contributed by atoms with Crippen LogP contribution in [0.4, 0.5) is 0 Å². The van der Waals surface area contributed by atoms with Crippen molar-refractivity contribution < 1.29 is 51.8 Å². The Kier molecular flexibility index (Phi) is 16.7. The van der Waals surface area contributed by atoms with Crippen molar-refractivity contribution >= 4 is 29.2 Å². The SMILES string of the molecule is CCC[C@H](NC(=O)C(Cc1c[nH]c2ccccc12)N[C-]=O)C(=O)OC.[CH2-]CN(C[CH2-])CC.[Y+3]. The van der Waals surface area contributed by atoms with E-state index in [2.05, 4.69) is 41.3 Å². The number of carbonyl (C=O) groups is 2. The van der Waals surface area contributed by atoms with Gasteiger partial charge in [0.1, 0.15) is 6.04 Å². The van der Waals surface area contributed by atoms with E-state index in [1.165, 1.54) is 7.11 Å². The number of H-pyrrole nitrogens is 1. The molecular formula is C24H35N4O4Y. The third kappa shape index (κ3) is 10.4. The van der Waals surface area contributed by atoms with Crippen LogP contribution in [0.15, 0.2) is 30.5 Å². The minimum absolute atomic E-state index is 0. The minimum Gasteiger partial charge on any atom is -0.520 e. The maximum Gasteiger partial charge on any atom is 3.00 e. The van der Waals surface area contributed by atoms with E-state index in [1.54, 1.807) is 12.6 Å². The third-order valence-corrected chi connectivity index (χ3v) is 5.11. The monoisotopic (exact) mass is 532 g/mol. The Balaban J connectivity index is 0.00000111. The van der Waals surface area contributed by atoms with Crippen LogP contribution in [-0.2, 0) is 58.3 Å². The summed E-state index contributed by atoms with van der Waals surface area (Å²) < 4.78 is 4.71. The van der Waals surface area contributed by atoms with Gasteiger partial charge in [-0.1, -0.05) is 38.5 Å². The molecule has 1 unspecified atom stereocenters. The summed E-state index contributed by atoms with van der Waals surface area (Å²) in [5.74, 6) is -0.950. The first-order valence-corrected chi connectivity index (χ1v) is 10.8. The Hall–Kier alpha value is -1.77. The molecule has 0 bridgehead atoms. The minimum atomic E-state index is -0.833. The molecule has 8 nitrogen and oxygen atoms in total. The van der Waals surface area contributed by atoms with Gasteiger partial charge in [0.05, 0.1) is 13.2 Å². The Morgan fingerprint density at radius 3 is 2.36 bits per heavy atom. The van der Waals surface area contributed by atoms with Gasteiger partial charge in [0.25, 0.3) is 0 Å². The van der Waals surface area contributed by atoms with E-state index in [0.29, 0.717) is 12.8 Å². The zero-order chi connectivity index (χ0) is 23.9. The van der Waals surface area contributed by atoms with Crippen molar-refractivity contribution in [2.75, 3.05) is 26.7 Å². The molecule has 0 aliphatic rings. The molecule has 0 spiro atoms. The van der Waals surface area contributed by atoms with Crippen molar-refractivity contribution in [3.05, 3.63) is 49.9 Å². The molecule has 3 N–H and O–H groups in total. The second-order valence-electron chi connectivity index (χ2n) is 7.17. The van der Waals surface area contributed by atoms with Crippen LogP contribution in [0.1, 0.15) is 32.3 Å². The van der Waals surface area contributed by atoms with Crippen LogP contribution in [0, 0.1) is 13.8 Å². The summed E-state index contributed by atoms with van der Waals surface area (Å²) in [6.45, 7) is 14.3. The van der Waals surface area contributed by atoms with Crippen molar-refractivity contribution in [1.29, 1.82) is 0 Å². The topological polar surface area (TPSA) is 104 Å². The van der Waals surface area contributed by atoms with Crippen LogP contribution < -0.4 is 10.6 Å². The van der Waals surface area contributed by atoms with Crippen molar-refractivity contribution in [3.8, 4) is 0 Å². The molecule has 1 aromatic heterocycles. The van der Waals surface area contributed by atoms with E-state index in [4.69, 9.17) is 4.74 Å². The molecule has 0 saturated heterocycles. The number of amides is 2. The van der Waals surface area contributed by atoms with E-state index in [0.717, 1.165) is 36.1 Å². The van der Waals surface area contributed by atoms with E-state index >= 15 is 0 Å². The number of aromatic nitrogens is 1. The fourth-order valence-electron chi connectivity index (χ4n) is 3.18. The zero-order valence-electron chi connectivity index (χ0n) is 19.9. The van der Waals surface area contributed by atoms with E-state index in [-0.39, 0.29) is 39.1 Å². The maximum atomic E-state index is 12.5. The van der Waals surface area contributed by atoms with Crippen molar-refractivity contribution in [1.82, 2.24) is 20.5 Å². The van der Waals surface area contributed by atoms with Gasteiger partial charge in [-0.2, -0.15) is 6.41 Å². The van der Waals surface area contributed by atoms with Crippen molar-refractivity contribution in [2.24, 2.45) is 0 Å². The van der Waals surface area contributed by atoms with E-state index in [1.807, 2.05) is 31.2 Å². The smallest absolute Gasteiger partial charge is 0.520 e. The van der Waals surface area contributed by atoms with Gasteiger partial charge in [-0.05, 0) is 24.6 Å². The summed E-state index contributed by atoms with van der Waals surface area (Å²) in [5.41, 5.74) is 1.84. The quantitative estimate of drug-likeness (QED) is 0.221. The molecule has 178 valence electrons. The Morgan fingerprint density at radius 2 is 1.85 bits per heavy atom. The number of esters is 1. The van der Waals surface area contributed by atoms with Gasteiger partial charge in [0, 0.05) is 23.5 Å². The molecule has 2 aromatic rings. The van der Waals surface area contributed by atoms with Crippen LogP contribution in [0.25, 0.3) is 10.9 Å². The molecule has 0 aliphatic carbocycles. The summed E-state index contributed by atoms with van der Waals surface area (Å²) in [6, 6.07) is 6.12. The summed E-state index contributed by atoms with van der Waals surface area (Å²) in [5, 5.41) is 6.03. The van der Waals surface area contributed by atoms with E-state index in [9.17, 15) is 14.4 Å². The van der Waals surface area contributed by atoms with Gasteiger partial charge >= 0.3 is 38.7 Å². The molecule has 2 rings (SSSR count). The summed E-state index contributed by atoms with van der Waals surface area (Å²) in [6.07, 6.45) is 4.83. The number of carbonyl (C=O) groups excluding carboxylic acids is 3. The molecule has 2 amide bonds. The molecule has 2 atom stereocenters. The van der Waals surface area contributed by atoms with Crippen LogP contribution in [0.2, 0.25) is 0 Å². The molecule has 1 heterocycles. The maximum absolute atomic E-state index is 12.5. The number of benzene rings is 1. The Bertz CT molecular complexity index is 833. The number of hydrogen-bond donors (Lipinski definition) is 3. The molecule has 1 aromatic carbocycles. The fourth-order valence-corrected chi connectivity index (χ4v) is 3.18. The number of methoxy groups -OCH3 is 1. The normalized spacial score (nSPS) is 12.1. The van der Waals surface area contributed by atoms with Crippen molar-refractivity contribution in [3.63, 3.8) is 0 Å². The first-order valence-electron chi connectivity index (χ1n) is 10.8. The largest absolute Gasteiger partial charge is 3.00 e. The third-order valence-electron chi connectivity index (χ3n) is 5.11. The Labute approximate surface area is 222 Å². The number of fused-ring (bicyclic) bond motifs is 1. The fraction of sp³-hybridized carbons (Fsp3) is 0.458. The molecule has 9 heteroatoms. The van der Waals surface area contributed by atoms with Gasteiger partial charge in [-0.15, -0.1) is 13.1 Å². The molecular weight excluding hydrogens is 497 g/mol. The molecule has 0 aliphatic heterocycles. The van der Waals surface area contributed by atoms with Gasteiger partial charge in [0.15, 0.2) is 0 Å².